The molecule has 0 spiro atoms. The SMILES string of the molecule is CS(=O)(=O)N1CCC[C@H]1C(=O)NCc1nnnn1-c1ccccc1. The van der Waals surface area contributed by atoms with Crippen LogP contribution < -0.4 is 5.32 Å². The fourth-order valence-corrected chi connectivity index (χ4v) is 3.89. The summed E-state index contributed by atoms with van der Waals surface area (Å²) in [5.74, 6) is 0.138. The third-order valence-corrected chi connectivity index (χ3v) is 5.18. The molecule has 1 aliphatic rings. The van der Waals surface area contributed by atoms with E-state index in [1.807, 2.05) is 30.3 Å². The Labute approximate surface area is 139 Å². The molecule has 0 aliphatic carbocycles. The minimum absolute atomic E-state index is 0.120. The summed E-state index contributed by atoms with van der Waals surface area (Å²) in [7, 11) is -3.39. The highest BCUT2D eigenvalue weighted by atomic mass is 32.2. The highest BCUT2D eigenvalue weighted by Crippen LogP contribution is 2.20. The van der Waals surface area contributed by atoms with Gasteiger partial charge in [-0.2, -0.15) is 8.99 Å². The molecular weight excluding hydrogens is 332 g/mol. The number of amides is 1. The molecule has 1 aliphatic heterocycles. The highest BCUT2D eigenvalue weighted by molar-refractivity contribution is 7.88. The van der Waals surface area contributed by atoms with Gasteiger partial charge in [-0.15, -0.1) is 5.10 Å². The molecule has 0 saturated carbocycles. The molecule has 1 atom stereocenters. The van der Waals surface area contributed by atoms with E-state index in [1.165, 1.54) is 8.99 Å². The van der Waals surface area contributed by atoms with Crippen LogP contribution in [0.3, 0.4) is 0 Å². The number of aromatic nitrogens is 4. The smallest absolute Gasteiger partial charge is 0.238 e. The predicted octanol–water partition coefficient (Wildman–Crippen LogP) is -0.297. The molecule has 10 heteroatoms. The van der Waals surface area contributed by atoms with Gasteiger partial charge >= 0.3 is 0 Å². The number of tetrazole rings is 1. The molecule has 0 bridgehead atoms. The van der Waals surface area contributed by atoms with Crippen molar-refractivity contribution in [2.24, 2.45) is 0 Å². The average Bonchev–Trinajstić information content (AvgIpc) is 3.22. The Bertz CT molecular complexity index is 820. The van der Waals surface area contributed by atoms with Crippen molar-refractivity contribution < 1.29 is 13.2 Å². The minimum Gasteiger partial charge on any atom is -0.347 e. The normalized spacial score (nSPS) is 18.6. The lowest BCUT2D eigenvalue weighted by atomic mass is 10.2. The average molecular weight is 350 g/mol. The fraction of sp³-hybridized carbons (Fsp3) is 0.429. The Morgan fingerprint density at radius 3 is 2.79 bits per heavy atom. The molecule has 1 amide bonds. The van der Waals surface area contributed by atoms with Gasteiger partial charge in [-0.05, 0) is 35.4 Å². The maximum atomic E-state index is 12.4. The monoisotopic (exact) mass is 350 g/mol. The van der Waals surface area contributed by atoms with Crippen LogP contribution >= 0.6 is 0 Å². The molecule has 2 heterocycles. The zero-order chi connectivity index (χ0) is 17.2. The number of benzene rings is 1. The number of hydrogen-bond donors (Lipinski definition) is 1. The number of sulfonamides is 1. The lowest BCUT2D eigenvalue weighted by Crippen LogP contribution is -2.45. The van der Waals surface area contributed by atoms with E-state index in [9.17, 15) is 13.2 Å². The van der Waals surface area contributed by atoms with Crippen LogP contribution in [0.2, 0.25) is 0 Å². The third-order valence-electron chi connectivity index (χ3n) is 3.89. The Balaban J connectivity index is 1.69. The number of nitrogens with one attached hydrogen (secondary N) is 1. The number of carbonyl (C=O) groups excluding carboxylic acids is 1. The van der Waals surface area contributed by atoms with Crippen molar-refractivity contribution in [2.75, 3.05) is 12.8 Å². The first kappa shape index (κ1) is 16.5. The van der Waals surface area contributed by atoms with Crippen molar-refractivity contribution in [3.05, 3.63) is 36.2 Å². The lowest BCUT2D eigenvalue weighted by Gasteiger charge is -2.21. The summed E-state index contributed by atoms with van der Waals surface area (Å²) >= 11 is 0. The van der Waals surface area contributed by atoms with E-state index in [0.717, 1.165) is 11.9 Å². The van der Waals surface area contributed by atoms with Crippen LogP contribution in [0, 0.1) is 0 Å². The lowest BCUT2D eigenvalue weighted by molar-refractivity contribution is -0.124. The van der Waals surface area contributed by atoms with Crippen molar-refractivity contribution in [1.29, 1.82) is 0 Å². The van der Waals surface area contributed by atoms with Gasteiger partial charge in [-0.25, -0.2) is 8.42 Å². The van der Waals surface area contributed by atoms with E-state index in [0.29, 0.717) is 25.2 Å². The molecule has 1 N–H and O–H groups in total. The van der Waals surface area contributed by atoms with Crippen molar-refractivity contribution in [2.45, 2.75) is 25.4 Å². The van der Waals surface area contributed by atoms with E-state index in [1.54, 1.807) is 0 Å². The molecule has 128 valence electrons. The quantitative estimate of drug-likeness (QED) is 0.793. The van der Waals surface area contributed by atoms with Crippen LogP contribution in [0.4, 0.5) is 0 Å². The predicted molar refractivity (Wildman–Crippen MR) is 85.6 cm³/mol. The molecule has 2 aromatic rings. The second-order valence-corrected chi connectivity index (χ2v) is 7.53. The zero-order valence-corrected chi connectivity index (χ0v) is 14.0. The van der Waals surface area contributed by atoms with Crippen molar-refractivity contribution >= 4 is 15.9 Å². The van der Waals surface area contributed by atoms with Gasteiger partial charge in [0.05, 0.1) is 18.5 Å². The van der Waals surface area contributed by atoms with Gasteiger partial charge in [0.2, 0.25) is 15.9 Å². The third kappa shape index (κ3) is 3.44. The molecular formula is C14H18N6O3S. The van der Waals surface area contributed by atoms with Crippen LogP contribution in [0.15, 0.2) is 30.3 Å². The van der Waals surface area contributed by atoms with Crippen LogP contribution in [0.5, 0.6) is 0 Å². The summed E-state index contributed by atoms with van der Waals surface area (Å²) in [6.07, 6.45) is 2.31. The number of rotatable bonds is 5. The molecule has 24 heavy (non-hydrogen) atoms. The first-order chi connectivity index (χ1) is 11.5. The zero-order valence-electron chi connectivity index (χ0n) is 13.2. The topological polar surface area (TPSA) is 110 Å². The van der Waals surface area contributed by atoms with Crippen LogP contribution in [-0.2, 0) is 21.4 Å². The van der Waals surface area contributed by atoms with Gasteiger partial charge in [-0.1, -0.05) is 18.2 Å². The minimum atomic E-state index is -3.39. The largest absolute Gasteiger partial charge is 0.347 e. The Hall–Kier alpha value is -2.33. The van der Waals surface area contributed by atoms with Gasteiger partial charge in [-0.3, -0.25) is 4.79 Å². The molecule has 1 aromatic carbocycles. The summed E-state index contributed by atoms with van der Waals surface area (Å²) in [4.78, 5) is 12.4. The number of para-hydroxylation sites is 1. The van der Waals surface area contributed by atoms with E-state index in [2.05, 4.69) is 20.8 Å². The van der Waals surface area contributed by atoms with E-state index in [4.69, 9.17) is 0 Å². The molecule has 1 aromatic heterocycles. The van der Waals surface area contributed by atoms with Crippen LogP contribution in [0.1, 0.15) is 18.7 Å². The van der Waals surface area contributed by atoms with Gasteiger partial charge in [0.1, 0.15) is 6.04 Å². The maximum Gasteiger partial charge on any atom is 0.238 e. The summed E-state index contributed by atoms with van der Waals surface area (Å²) in [5, 5.41) is 14.2. The molecule has 0 radical (unpaired) electrons. The van der Waals surface area contributed by atoms with Crippen molar-refractivity contribution in [3.63, 3.8) is 0 Å². The summed E-state index contributed by atoms with van der Waals surface area (Å²) in [6.45, 7) is 0.494. The number of carbonyl (C=O) groups is 1. The van der Waals surface area contributed by atoms with Crippen molar-refractivity contribution in [3.8, 4) is 5.69 Å². The van der Waals surface area contributed by atoms with E-state index < -0.39 is 16.1 Å². The van der Waals surface area contributed by atoms with Crippen molar-refractivity contribution in [1.82, 2.24) is 29.8 Å². The van der Waals surface area contributed by atoms with Gasteiger partial charge in [0.15, 0.2) is 5.82 Å². The van der Waals surface area contributed by atoms with Gasteiger partial charge in [0.25, 0.3) is 0 Å². The number of hydrogen-bond acceptors (Lipinski definition) is 6. The second kappa shape index (κ2) is 6.65. The highest BCUT2D eigenvalue weighted by Gasteiger charge is 2.36. The standard InChI is InChI=1S/C14H18N6O3S/c1-24(22,23)19-9-5-8-12(19)14(21)15-10-13-16-17-18-20(13)11-6-3-2-4-7-11/h2-4,6-7,12H,5,8-10H2,1H3,(H,15,21)/t12-/m0/s1. The van der Waals surface area contributed by atoms with E-state index >= 15 is 0 Å². The Morgan fingerprint density at radius 1 is 1.33 bits per heavy atom. The first-order valence-corrected chi connectivity index (χ1v) is 9.39. The maximum absolute atomic E-state index is 12.4. The van der Waals surface area contributed by atoms with Crippen LogP contribution in [-0.4, -0.2) is 57.7 Å². The Morgan fingerprint density at radius 2 is 2.08 bits per heavy atom. The summed E-state index contributed by atoms with van der Waals surface area (Å²) in [5.41, 5.74) is 0.783. The van der Waals surface area contributed by atoms with E-state index in [-0.39, 0.29) is 12.5 Å². The molecule has 3 rings (SSSR count). The first-order valence-electron chi connectivity index (χ1n) is 7.54. The van der Waals surface area contributed by atoms with Crippen LogP contribution in [0.25, 0.3) is 5.69 Å². The summed E-state index contributed by atoms with van der Waals surface area (Å²) in [6, 6.07) is 8.65. The Kier molecular flexibility index (Phi) is 4.58. The second-order valence-electron chi connectivity index (χ2n) is 5.59. The fourth-order valence-electron chi connectivity index (χ4n) is 2.77. The van der Waals surface area contributed by atoms with Gasteiger partial charge < -0.3 is 5.32 Å². The number of nitrogens with zero attached hydrogens (tertiary/aromatic N) is 5. The summed E-state index contributed by atoms with van der Waals surface area (Å²) < 4.78 is 26.2. The molecule has 0 unspecified atom stereocenters. The van der Waals surface area contributed by atoms with Gasteiger partial charge in [0, 0.05) is 6.54 Å². The molecule has 1 saturated heterocycles. The molecule has 9 nitrogen and oxygen atoms in total. The molecule has 1 fully saturated rings.